The van der Waals surface area contributed by atoms with Crippen LogP contribution in [0.1, 0.15) is 33.2 Å². The van der Waals surface area contributed by atoms with Gasteiger partial charge in [-0.3, -0.25) is 19.2 Å². The van der Waals surface area contributed by atoms with Crippen molar-refractivity contribution in [2.75, 3.05) is 4.90 Å². The number of allylic oxidation sites excluding steroid dienone is 2. The molecule has 0 unspecified atom stereocenters. The zero-order valence-corrected chi connectivity index (χ0v) is 17.9. The van der Waals surface area contributed by atoms with Gasteiger partial charge in [-0.05, 0) is 30.3 Å². The first-order valence-electron chi connectivity index (χ1n) is 10.4. The van der Waals surface area contributed by atoms with E-state index in [-0.39, 0.29) is 47.1 Å². The van der Waals surface area contributed by atoms with Crippen LogP contribution in [0.15, 0.2) is 78.2 Å². The van der Waals surface area contributed by atoms with Gasteiger partial charge in [0.1, 0.15) is 22.9 Å². The van der Waals surface area contributed by atoms with Crippen molar-refractivity contribution in [1.82, 2.24) is 0 Å². The molecule has 34 heavy (non-hydrogen) atoms. The smallest absolute Gasteiger partial charge is 0.308 e. The molecular formula is C26H17NO7. The lowest BCUT2D eigenvalue weighted by atomic mass is 9.88. The van der Waals surface area contributed by atoms with Crippen LogP contribution < -0.4 is 19.1 Å². The number of hydrogen-bond acceptors (Lipinski definition) is 8. The Morgan fingerprint density at radius 3 is 2.32 bits per heavy atom. The zero-order chi connectivity index (χ0) is 23.8. The van der Waals surface area contributed by atoms with Crippen LogP contribution in [0.3, 0.4) is 0 Å². The maximum atomic E-state index is 13.9. The third-order valence-electron chi connectivity index (χ3n) is 5.50. The van der Waals surface area contributed by atoms with Crippen molar-refractivity contribution >= 4 is 29.7 Å². The van der Waals surface area contributed by atoms with Crippen LogP contribution >= 0.6 is 0 Å². The minimum absolute atomic E-state index is 0.00405. The number of ether oxygens (including phenoxy) is 3. The Balaban J connectivity index is 1.78. The highest BCUT2D eigenvalue weighted by atomic mass is 16.5. The Morgan fingerprint density at radius 2 is 1.59 bits per heavy atom. The molecule has 0 atom stereocenters. The topological polar surface area (TPSA) is 99.2 Å². The zero-order valence-electron chi connectivity index (χ0n) is 17.9. The molecule has 0 aromatic heterocycles. The number of esters is 1. The molecule has 8 nitrogen and oxygen atoms in total. The molecule has 8 heteroatoms. The number of nitrogens with zero attached hydrogens (tertiary/aromatic N) is 1. The summed E-state index contributed by atoms with van der Waals surface area (Å²) in [6.45, 7) is 1.59. The maximum Gasteiger partial charge on any atom is 0.308 e. The van der Waals surface area contributed by atoms with E-state index in [2.05, 4.69) is 0 Å². The molecule has 0 N–H and O–H groups in total. The van der Waals surface area contributed by atoms with Crippen molar-refractivity contribution in [3.8, 4) is 17.2 Å². The molecule has 0 saturated heterocycles. The molecule has 0 fully saturated rings. The van der Waals surface area contributed by atoms with E-state index >= 15 is 0 Å². The van der Waals surface area contributed by atoms with E-state index in [1.807, 2.05) is 42.5 Å². The largest absolute Gasteiger partial charge is 0.450 e. The summed E-state index contributed by atoms with van der Waals surface area (Å²) < 4.78 is 16.3. The predicted molar refractivity (Wildman–Crippen MR) is 120 cm³/mol. The van der Waals surface area contributed by atoms with Crippen molar-refractivity contribution in [2.45, 2.75) is 13.5 Å². The number of carbonyl (C=O) groups excluding carboxylic acids is 4. The summed E-state index contributed by atoms with van der Waals surface area (Å²) in [5.74, 6) is -1.99. The van der Waals surface area contributed by atoms with Gasteiger partial charge in [-0.15, -0.1) is 0 Å². The lowest BCUT2D eigenvalue weighted by molar-refractivity contribution is -0.132. The van der Waals surface area contributed by atoms with Gasteiger partial charge in [-0.2, -0.15) is 0 Å². The molecule has 0 bridgehead atoms. The van der Waals surface area contributed by atoms with Crippen LogP contribution in [0.25, 0.3) is 0 Å². The Hall–Kier alpha value is -4.72. The molecule has 1 aliphatic heterocycles. The molecule has 0 spiro atoms. The molecule has 0 amide bonds. The maximum absolute atomic E-state index is 13.9. The fourth-order valence-electron chi connectivity index (χ4n) is 4.11. The summed E-state index contributed by atoms with van der Waals surface area (Å²) in [5.41, 5.74) is 1.04. The SMILES string of the molecule is CC(=O)Oc1ccc(OC=O)c2c1C(=O)C1=C(C2=O)N(c2ccccc2)Cc2ccccc2O1. The van der Waals surface area contributed by atoms with E-state index in [0.29, 0.717) is 11.4 Å². The highest BCUT2D eigenvalue weighted by Gasteiger charge is 2.43. The van der Waals surface area contributed by atoms with E-state index in [1.54, 1.807) is 17.0 Å². The van der Waals surface area contributed by atoms with Gasteiger partial charge in [0, 0.05) is 18.2 Å². The summed E-state index contributed by atoms with van der Waals surface area (Å²) in [6, 6.07) is 18.9. The van der Waals surface area contributed by atoms with Crippen molar-refractivity contribution in [2.24, 2.45) is 0 Å². The molecular weight excluding hydrogens is 438 g/mol. The predicted octanol–water partition coefficient (Wildman–Crippen LogP) is 3.84. The molecule has 3 aromatic carbocycles. The first-order valence-corrected chi connectivity index (χ1v) is 10.4. The highest BCUT2D eigenvalue weighted by Crippen LogP contribution is 2.43. The van der Waals surface area contributed by atoms with Crippen LogP contribution in [0.2, 0.25) is 0 Å². The number of ketones is 2. The molecule has 0 radical (unpaired) electrons. The normalized spacial score (nSPS) is 14.3. The van der Waals surface area contributed by atoms with E-state index in [4.69, 9.17) is 14.2 Å². The third kappa shape index (κ3) is 3.41. The van der Waals surface area contributed by atoms with Gasteiger partial charge in [0.05, 0.1) is 17.7 Å². The van der Waals surface area contributed by atoms with Gasteiger partial charge in [-0.25, -0.2) is 0 Å². The second kappa shape index (κ2) is 8.32. The molecule has 1 aliphatic carbocycles. The number of anilines is 1. The van der Waals surface area contributed by atoms with Gasteiger partial charge in [-0.1, -0.05) is 36.4 Å². The van der Waals surface area contributed by atoms with Crippen LogP contribution in [0.5, 0.6) is 17.2 Å². The molecule has 168 valence electrons. The lowest BCUT2D eigenvalue weighted by Crippen LogP contribution is -2.35. The number of para-hydroxylation sites is 2. The summed E-state index contributed by atoms with van der Waals surface area (Å²) in [4.78, 5) is 52.2. The first kappa shape index (κ1) is 21.1. The highest BCUT2D eigenvalue weighted by molar-refractivity contribution is 6.29. The van der Waals surface area contributed by atoms with E-state index in [1.165, 1.54) is 19.1 Å². The quantitative estimate of drug-likeness (QED) is 0.333. The fraction of sp³-hybridized carbons (Fsp3) is 0.0769. The second-order valence-corrected chi connectivity index (χ2v) is 7.59. The number of carbonyl (C=O) groups is 4. The van der Waals surface area contributed by atoms with E-state index < -0.39 is 17.5 Å². The summed E-state index contributed by atoms with van der Waals surface area (Å²) in [5, 5.41) is 0. The summed E-state index contributed by atoms with van der Waals surface area (Å²) in [7, 11) is 0. The van der Waals surface area contributed by atoms with Crippen LogP contribution in [-0.2, 0) is 16.1 Å². The Kier molecular flexibility index (Phi) is 5.18. The van der Waals surface area contributed by atoms with E-state index in [9.17, 15) is 19.2 Å². The lowest BCUT2D eigenvalue weighted by Gasteiger charge is -2.29. The number of rotatable bonds is 4. The second-order valence-electron chi connectivity index (χ2n) is 7.59. The van der Waals surface area contributed by atoms with Gasteiger partial charge in [0.2, 0.25) is 17.3 Å². The molecule has 2 aliphatic rings. The van der Waals surface area contributed by atoms with Gasteiger partial charge in [0.25, 0.3) is 6.47 Å². The summed E-state index contributed by atoms with van der Waals surface area (Å²) in [6.07, 6.45) is 0. The van der Waals surface area contributed by atoms with Gasteiger partial charge in [0.15, 0.2) is 0 Å². The number of Topliss-reactive ketones (excluding diaryl/α,β-unsaturated/α-hetero) is 2. The molecule has 1 heterocycles. The average molecular weight is 455 g/mol. The van der Waals surface area contributed by atoms with Crippen LogP contribution in [0.4, 0.5) is 5.69 Å². The van der Waals surface area contributed by atoms with Crippen molar-refractivity contribution in [3.63, 3.8) is 0 Å². The molecule has 3 aromatic rings. The minimum Gasteiger partial charge on any atom is -0.450 e. The average Bonchev–Trinajstić information content (AvgIpc) is 3.01. The van der Waals surface area contributed by atoms with E-state index in [0.717, 1.165) is 5.56 Å². The Bertz CT molecular complexity index is 1390. The number of hydrogen-bond donors (Lipinski definition) is 0. The minimum atomic E-state index is -0.677. The Labute approximate surface area is 194 Å². The fourth-order valence-corrected chi connectivity index (χ4v) is 4.11. The van der Waals surface area contributed by atoms with Gasteiger partial charge < -0.3 is 19.1 Å². The summed E-state index contributed by atoms with van der Waals surface area (Å²) >= 11 is 0. The van der Waals surface area contributed by atoms with Crippen LogP contribution in [0, 0.1) is 0 Å². The van der Waals surface area contributed by atoms with Crippen LogP contribution in [-0.4, -0.2) is 24.0 Å². The van der Waals surface area contributed by atoms with Crippen molar-refractivity contribution in [3.05, 3.63) is 94.9 Å². The van der Waals surface area contributed by atoms with Crippen molar-refractivity contribution < 1.29 is 33.4 Å². The number of fused-ring (bicyclic) bond motifs is 2. The molecule has 0 saturated carbocycles. The third-order valence-corrected chi connectivity index (χ3v) is 5.50. The standard InChI is InChI=1S/C26H17NO7/c1-15(29)33-20-12-11-19(32-14-28)21-22(20)25(31)26-23(24(21)30)27(17-8-3-2-4-9-17)13-16-7-5-6-10-18(16)34-26/h2-12,14H,13H2,1H3. The number of benzene rings is 3. The first-order chi connectivity index (χ1) is 16.5. The van der Waals surface area contributed by atoms with Gasteiger partial charge >= 0.3 is 5.97 Å². The Morgan fingerprint density at radius 1 is 0.912 bits per heavy atom. The molecule has 5 rings (SSSR count). The monoisotopic (exact) mass is 455 g/mol. The van der Waals surface area contributed by atoms with Crippen molar-refractivity contribution in [1.29, 1.82) is 0 Å².